The Bertz CT molecular complexity index is 627. The number of rotatable bonds is 4. The molecule has 21 heavy (non-hydrogen) atoms. The number of nitrogens with one attached hydrogen (secondary N) is 1. The van der Waals surface area contributed by atoms with E-state index in [1.807, 2.05) is 48.5 Å². The number of anilines is 1. The summed E-state index contributed by atoms with van der Waals surface area (Å²) in [7, 11) is 0. The van der Waals surface area contributed by atoms with Crippen molar-refractivity contribution in [2.45, 2.75) is 19.4 Å². The van der Waals surface area contributed by atoms with Gasteiger partial charge in [-0.25, -0.2) is 4.79 Å². The van der Waals surface area contributed by atoms with Gasteiger partial charge >= 0.3 is 6.09 Å². The molecular formula is C18H17NO2. The van der Waals surface area contributed by atoms with E-state index in [1.165, 1.54) is 0 Å². The third-order valence-electron chi connectivity index (χ3n) is 2.84. The Morgan fingerprint density at radius 1 is 1.10 bits per heavy atom. The summed E-state index contributed by atoms with van der Waals surface area (Å²) in [6, 6.07) is 19.0. The van der Waals surface area contributed by atoms with Crippen molar-refractivity contribution < 1.29 is 9.53 Å². The van der Waals surface area contributed by atoms with Crippen LogP contribution in [0.25, 0.3) is 0 Å². The zero-order valence-electron chi connectivity index (χ0n) is 11.9. The Kier molecular flexibility index (Phi) is 5.42. The molecule has 0 saturated carbocycles. The van der Waals surface area contributed by atoms with E-state index in [1.54, 1.807) is 19.1 Å². The summed E-state index contributed by atoms with van der Waals surface area (Å²) in [4.78, 5) is 11.9. The smallest absolute Gasteiger partial charge is 0.412 e. The maximum Gasteiger partial charge on any atom is 0.412 e. The van der Waals surface area contributed by atoms with E-state index in [0.29, 0.717) is 12.1 Å². The number of carbonyl (C=O) groups is 1. The third kappa shape index (κ3) is 5.04. The van der Waals surface area contributed by atoms with Crippen molar-refractivity contribution in [1.82, 2.24) is 0 Å². The second kappa shape index (κ2) is 7.76. The van der Waals surface area contributed by atoms with Crippen molar-refractivity contribution in [3.05, 3.63) is 66.2 Å². The minimum Gasteiger partial charge on any atom is -0.432 e. The molecule has 1 N–H and O–H groups in total. The van der Waals surface area contributed by atoms with Gasteiger partial charge in [-0.1, -0.05) is 54.5 Å². The summed E-state index contributed by atoms with van der Waals surface area (Å²) in [5.74, 6) is 5.72. The lowest BCUT2D eigenvalue weighted by molar-refractivity contribution is 0.138. The first-order valence-electron chi connectivity index (χ1n) is 6.77. The average Bonchev–Trinajstić information content (AvgIpc) is 2.49. The van der Waals surface area contributed by atoms with E-state index in [0.717, 1.165) is 5.56 Å². The van der Waals surface area contributed by atoms with E-state index >= 15 is 0 Å². The molecule has 3 heteroatoms. The third-order valence-corrected chi connectivity index (χ3v) is 2.84. The highest BCUT2D eigenvalue weighted by Crippen LogP contribution is 2.09. The molecule has 106 valence electrons. The van der Waals surface area contributed by atoms with Crippen LogP contribution in [0.5, 0.6) is 0 Å². The molecule has 2 aromatic carbocycles. The number of carbonyl (C=O) groups excluding carboxylic acids is 1. The average molecular weight is 279 g/mol. The quantitative estimate of drug-likeness (QED) is 0.863. The summed E-state index contributed by atoms with van der Waals surface area (Å²) in [5.41, 5.74) is 1.78. The Morgan fingerprint density at radius 2 is 1.71 bits per heavy atom. The van der Waals surface area contributed by atoms with Gasteiger partial charge in [-0.15, -0.1) is 5.92 Å². The zero-order chi connectivity index (χ0) is 14.9. The van der Waals surface area contributed by atoms with Gasteiger partial charge in [-0.2, -0.15) is 0 Å². The van der Waals surface area contributed by atoms with E-state index in [9.17, 15) is 4.79 Å². The van der Waals surface area contributed by atoms with Crippen molar-refractivity contribution >= 4 is 11.8 Å². The summed E-state index contributed by atoms with van der Waals surface area (Å²) < 4.78 is 5.38. The van der Waals surface area contributed by atoms with Crippen LogP contribution in [0.4, 0.5) is 10.5 Å². The van der Waals surface area contributed by atoms with Crippen LogP contribution >= 0.6 is 0 Å². The topological polar surface area (TPSA) is 38.3 Å². The summed E-state index contributed by atoms with van der Waals surface area (Å²) in [6.45, 7) is 1.73. The van der Waals surface area contributed by atoms with Crippen molar-refractivity contribution in [1.29, 1.82) is 0 Å². The first kappa shape index (κ1) is 14.7. The molecule has 1 unspecified atom stereocenters. The van der Waals surface area contributed by atoms with E-state index in [2.05, 4.69) is 17.2 Å². The fraction of sp³-hybridized carbons (Fsp3) is 0.167. The van der Waals surface area contributed by atoms with Crippen molar-refractivity contribution in [2.24, 2.45) is 0 Å². The van der Waals surface area contributed by atoms with Gasteiger partial charge < -0.3 is 4.74 Å². The van der Waals surface area contributed by atoms with Crippen LogP contribution in [0.1, 0.15) is 12.5 Å². The van der Waals surface area contributed by atoms with Gasteiger partial charge in [-0.3, -0.25) is 5.32 Å². The lowest BCUT2D eigenvalue weighted by Crippen LogP contribution is -2.23. The zero-order valence-corrected chi connectivity index (χ0v) is 11.9. The second-order valence-corrected chi connectivity index (χ2v) is 4.47. The van der Waals surface area contributed by atoms with Crippen LogP contribution in [0.2, 0.25) is 0 Å². The van der Waals surface area contributed by atoms with Gasteiger partial charge in [0, 0.05) is 12.1 Å². The molecule has 0 aromatic heterocycles. The Balaban J connectivity index is 1.96. The number of amides is 1. The lowest BCUT2D eigenvalue weighted by atomic mass is 10.1. The van der Waals surface area contributed by atoms with Crippen LogP contribution in [0, 0.1) is 11.8 Å². The molecule has 0 aliphatic rings. The maximum absolute atomic E-state index is 11.9. The molecule has 0 radical (unpaired) electrons. The highest BCUT2D eigenvalue weighted by Gasteiger charge is 2.12. The Hall–Kier alpha value is -2.73. The summed E-state index contributed by atoms with van der Waals surface area (Å²) in [6.07, 6.45) is -0.379. The second-order valence-electron chi connectivity index (χ2n) is 4.47. The monoisotopic (exact) mass is 279 g/mol. The van der Waals surface area contributed by atoms with Gasteiger partial charge in [0.2, 0.25) is 0 Å². The molecule has 0 saturated heterocycles. The molecule has 3 nitrogen and oxygen atoms in total. The molecule has 0 spiro atoms. The molecule has 0 bridgehead atoms. The summed E-state index contributed by atoms with van der Waals surface area (Å²) in [5, 5.41) is 2.69. The number of ether oxygens (including phenoxy) is 1. The Morgan fingerprint density at radius 3 is 2.33 bits per heavy atom. The minimum absolute atomic E-state index is 0.457. The Labute approximate surface area is 125 Å². The van der Waals surface area contributed by atoms with Gasteiger partial charge in [0.05, 0.1) is 0 Å². The van der Waals surface area contributed by atoms with Crippen LogP contribution in [0.15, 0.2) is 60.7 Å². The summed E-state index contributed by atoms with van der Waals surface area (Å²) >= 11 is 0. The first-order valence-corrected chi connectivity index (χ1v) is 6.77. The van der Waals surface area contributed by atoms with Crippen LogP contribution in [0.3, 0.4) is 0 Å². The van der Waals surface area contributed by atoms with Crippen LogP contribution < -0.4 is 5.32 Å². The number of benzene rings is 2. The fourth-order valence-corrected chi connectivity index (χ4v) is 1.91. The number of para-hydroxylation sites is 1. The van der Waals surface area contributed by atoms with Gasteiger partial charge in [0.1, 0.15) is 0 Å². The molecule has 0 aliphatic carbocycles. The van der Waals surface area contributed by atoms with E-state index < -0.39 is 12.2 Å². The van der Waals surface area contributed by atoms with Crippen molar-refractivity contribution in [3.63, 3.8) is 0 Å². The van der Waals surface area contributed by atoms with Gasteiger partial charge in [0.25, 0.3) is 0 Å². The molecule has 0 aliphatic heterocycles. The molecule has 0 heterocycles. The molecule has 2 aromatic rings. The van der Waals surface area contributed by atoms with Crippen molar-refractivity contribution in [2.75, 3.05) is 5.32 Å². The fourth-order valence-electron chi connectivity index (χ4n) is 1.91. The molecule has 0 fully saturated rings. The molecule has 2 rings (SSSR count). The van der Waals surface area contributed by atoms with Crippen LogP contribution in [-0.2, 0) is 11.2 Å². The van der Waals surface area contributed by atoms with Crippen LogP contribution in [-0.4, -0.2) is 12.2 Å². The molecular weight excluding hydrogens is 262 g/mol. The van der Waals surface area contributed by atoms with Gasteiger partial charge in [-0.05, 0) is 24.6 Å². The standard InChI is InChI=1S/C18H17NO2/c1-2-9-17(14-15-10-5-3-6-11-15)21-18(20)19-16-12-7-4-8-13-16/h3-8,10-13,17H,14H2,1H3,(H,19,20). The lowest BCUT2D eigenvalue weighted by Gasteiger charge is -2.13. The van der Waals surface area contributed by atoms with E-state index in [-0.39, 0.29) is 0 Å². The van der Waals surface area contributed by atoms with E-state index in [4.69, 9.17) is 4.74 Å². The largest absolute Gasteiger partial charge is 0.432 e. The predicted octanol–water partition coefficient (Wildman–Crippen LogP) is 3.87. The first-order chi connectivity index (χ1) is 10.3. The minimum atomic E-state index is -0.495. The molecule has 1 atom stereocenters. The van der Waals surface area contributed by atoms with Gasteiger partial charge in [0.15, 0.2) is 6.10 Å². The molecule has 1 amide bonds. The highest BCUT2D eigenvalue weighted by atomic mass is 16.6. The van der Waals surface area contributed by atoms with Crippen molar-refractivity contribution in [3.8, 4) is 11.8 Å². The maximum atomic E-state index is 11.9. The normalized spacial score (nSPS) is 10.9. The SMILES string of the molecule is CC#CC(Cc1ccccc1)OC(=O)Nc1ccccc1. The predicted molar refractivity (Wildman–Crippen MR) is 83.9 cm³/mol. The number of hydrogen-bond acceptors (Lipinski definition) is 2. The highest BCUT2D eigenvalue weighted by molar-refractivity contribution is 5.84. The number of hydrogen-bond donors (Lipinski definition) is 1.